The second-order valence-electron chi connectivity index (χ2n) is 11.2. The smallest absolute Gasteiger partial charge is 0.456 e. The Labute approximate surface area is 240 Å². The third-order valence-corrected chi connectivity index (χ3v) is 7.98. The minimum absolute atomic E-state index is 0.411. The molecule has 0 spiro atoms. The van der Waals surface area contributed by atoms with Crippen LogP contribution in [0.2, 0.25) is 0 Å². The van der Waals surface area contributed by atoms with E-state index in [9.17, 15) is 0 Å². The first-order valence-electron chi connectivity index (χ1n) is 13.8. The Balaban J connectivity index is 1.40. The van der Waals surface area contributed by atoms with Crippen LogP contribution in [0.5, 0.6) is 0 Å². The molecule has 204 valence electrons. The van der Waals surface area contributed by atoms with Crippen molar-refractivity contribution in [3.05, 3.63) is 114 Å². The summed E-state index contributed by atoms with van der Waals surface area (Å²) in [5.41, 5.74) is 4.60. The van der Waals surface area contributed by atoms with Gasteiger partial charge in [-0.3, -0.25) is 4.99 Å². The molecular formula is C34H32BN3O3. The van der Waals surface area contributed by atoms with Crippen molar-refractivity contribution in [1.29, 1.82) is 0 Å². The number of amidine groups is 2. The number of fused-ring (bicyclic) bond motifs is 3. The molecule has 0 bridgehead atoms. The summed E-state index contributed by atoms with van der Waals surface area (Å²) in [5.74, 6) is 1.06. The van der Waals surface area contributed by atoms with E-state index in [4.69, 9.17) is 23.7 Å². The topological polar surface area (TPSA) is 68.7 Å². The van der Waals surface area contributed by atoms with Gasteiger partial charge in [0.2, 0.25) is 0 Å². The lowest BCUT2D eigenvalue weighted by molar-refractivity contribution is 0.00578. The Hall–Kier alpha value is -4.33. The van der Waals surface area contributed by atoms with Crippen molar-refractivity contribution in [3.8, 4) is 0 Å². The fraction of sp³-hybridized carbons (Fsp3) is 0.206. The van der Waals surface area contributed by atoms with Gasteiger partial charge in [-0.1, -0.05) is 84.9 Å². The van der Waals surface area contributed by atoms with Crippen molar-refractivity contribution in [3.63, 3.8) is 0 Å². The molecular weight excluding hydrogens is 509 g/mol. The van der Waals surface area contributed by atoms with Crippen LogP contribution in [0.15, 0.2) is 116 Å². The molecule has 0 amide bonds. The second-order valence-corrected chi connectivity index (χ2v) is 11.2. The highest BCUT2D eigenvalue weighted by atomic mass is 16.7. The average molecular weight is 541 g/mol. The summed E-state index contributed by atoms with van der Waals surface area (Å²) in [7, 11) is -0.445. The zero-order valence-corrected chi connectivity index (χ0v) is 23.8. The molecule has 0 aliphatic carbocycles. The van der Waals surface area contributed by atoms with Crippen molar-refractivity contribution in [2.24, 2.45) is 15.0 Å². The molecule has 7 heteroatoms. The van der Waals surface area contributed by atoms with Crippen LogP contribution in [-0.2, 0) is 15.9 Å². The molecule has 0 N–H and O–H groups in total. The van der Waals surface area contributed by atoms with Crippen molar-refractivity contribution < 1.29 is 13.7 Å². The van der Waals surface area contributed by atoms with E-state index >= 15 is 0 Å². The summed E-state index contributed by atoms with van der Waals surface area (Å²) in [6.07, 6.45) is 0. The van der Waals surface area contributed by atoms with E-state index in [1.807, 2.05) is 84.9 Å². The van der Waals surface area contributed by atoms with Gasteiger partial charge in [0.25, 0.3) is 0 Å². The Kier molecular flexibility index (Phi) is 6.93. The number of hydrogen-bond acceptors (Lipinski definition) is 4. The highest BCUT2D eigenvalue weighted by molar-refractivity contribution is 6.62. The molecule has 1 aliphatic heterocycles. The van der Waals surface area contributed by atoms with E-state index in [1.165, 1.54) is 0 Å². The summed E-state index contributed by atoms with van der Waals surface area (Å²) in [6.45, 7) is 12.4. The number of hydrogen-bond donors (Lipinski definition) is 0. The van der Waals surface area contributed by atoms with Crippen LogP contribution in [0.4, 0.5) is 0 Å². The predicted molar refractivity (Wildman–Crippen MR) is 169 cm³/mol. The van der Waals surface area contributed by atoms with Gasteiger partial charge in [-0.05, 0) is 57.6 Å². The fourth-order valence-corrected chi connectivity index (χ4v) is 4.98. The number of para-hydroxylation sites is 1. The van der Waals surface area contributed by atoms with Gasteiger partial charge in [-0.2, -0.15) is 0 Å². The maximum atomic E-state index is 6.25. The van der Waals surface area contributed by atoms with Gasteiger partial charge in [0.05, 0.1) is 17.7 Å². The van der Waals surface area contributed by atoms with Crippen LogP contribution >= 0.6 is 0 Å². The summed E-state index contributed by atoms with van der Waals surface area (Å²) < 4.78 is 18.6. The second kappa shape index (κ2) is 10.6. The monoisotopic (exact) mass is 541 g/mol. The van der Waals surface area contributed by atoms with E-state index in [-0.39, 0.29) is 0 Å². The van der Waals surface area contributed by atoms with Gasteiger partial charge >= 0.3 is 7.12 Å². The lowest BCUT2D eigenvalue weighted by Crippen LogP contribution is -2.41. The summed E-state index contributed by atoms with van der Waals surface area (Å²) in [4.78, 5) is 14.2. The summed E-state index contributed by atoms with van der Waals surface area (Å²) >= 11 is 0. The zero-order valence-electron chi connectivity index (χ0n) is 23.8. The summed E-state index contributed by atoms with van der Waals surface area (Å²) in [5, 5.41) is 2.14. The average Bonchev–Trinajstić information content (AvgIpc) is 3.47. The van der Waals surface area contributed by atoms with Crippen LogP contribution in [0, 0.1) is 0 Å². The molecule has 1 aromatic heterocycles. The lowest BCUT2D eigenvalue weighted by atomic mass is 9.79. The maximum absolute atomic E-state index is 6.25. The zero-order chi connectivity index (χ0) is 28.6. The minimum atomic E-state index is -0.445. The Morgan fingerprint density at radius 3 is 2.05 bits per heavy atom. The predicted octanol–water partition coefficient (Wildman–Crippen LogP) is 6.98. The van der Waals surface area contributed by atoms with Gasteiger partial charge in [0.15, 0.2) is 11.7 Å². The Morgan fingerprint density at radius 2 is 1.34 bits per heavy atom. The highest BCUT2D eigenvalue weighted by Crippen LogP contribution is 2.36. The highest BCUT2D eigenvalue weighted by Gasteiger charge is 2.51. The first-order chi connectivity index (χ1) is 19.8. The molecule has 6 nitrogen and oxygen atoms in total. The quantitative estimate of drug-likeness (QED) is 0.137. The molecule has 0 atom stereocenters. The third kappa shape index (κ3) is 5.14. The molecule has 6 rings (SSSR count). The molecule has 1 aliphatic rings. The van der Waals surface area contributed by atoms with Gasteiger partial charge in [0, 0.05) is 21.9 Å². The van der Waals surface area contributed by atoms with Gasteiger partial charge in [-0.15, -0.1) is 0 Å². The largest absolute Gasteiger partial charge is 0.494 e. The van der Waals surface area contributed by atoms with Gasteiger partial charge in [0.1, 0.15) is 11.2 Å². The van der Waals surface area contributed by atoms with Crippen LogP contribution in [-0.4, -0.2) is 36.7 Å². The number of aliphatic imine (C=N–C) groups is 3. The van der Waals surface area contributed by atoms with Crippen LogP contribution in [0.25, 0.3) is 21.9 Å². The normalized spacial score (nSPS) is 16.9. The molecule has 0 unspecified atom stereocenters. The fourth-order valence-electron chi connectivity index (χ4n) is 4.98. The van der Waals surface area contributed by atoms with Crippen molar-refractivity contribution >= 4 is 52.9 Å². The van der Waals surface area contributed by atoms with E-state index in [1.54, 1.807) is 0 Å². The molecule has 0 saturated carbocycles. The molecule has 1 saturated heterocycles. The molecule has 2 heterocycles. The molecule has 4 aromatic carbocycles. The SMILES string of the molecule is C=N/C(=N\C(=N/Cc1cccc2oc3ccccc3c12)c1ccc(B2OC(C)(C)C(C)(C)O2)cc1)c1ccccc1. The van der Waals surface area contributed by atoms with E-state index in [0.29, 0.717) is 18.2 Å². The van der Waals surface area contributed by atoms with E-state index in [0.717, 1.165) is 44.1 Å². The number of nitrogens with zero attached hydrogens (tertiary/aromatic N) is 3. The summed E-state index contributed by atoms with van der Waals surface area (Å²) in [6, 6.07) is 32.0. The van der Waals surface area contributed by atoms with Gasteiger partial charge in [-0.25, -0.2) is 9.98 Å². The van der Waals surface area contributed by atoms with Crippen molar-refractivity contribution in [2.45, 2.75) is 45.4 Å². The van der Waals surface area contributed by atoms with Gasteiger partial charge < -0.3 is 13.7 Å². The first-order valence-corrected chi connectivity index (χ1v) is 13.8. The van der Waals surface area contributed by atoms with Crippen molar-refractivity contribution in [2.75, 3.05) is 0 Å². The minimum Gasteiger partial charge on any atom is -0.456 e. The third-order valence-electron chi connectivity index (χ3n) is 7.98. The number of rotatable bonds is 5. The lowest BCUT2D eigenvalue weighted by Gasteiger charge is -2.32. The standard InChI is InChI=1S/C34H32BN3O3/c1-33(2)34(3,4)41-35(40-33)26-20-18-24(19-21-26)32(38-31(36-5)23-12-7-6-8-13-23)37-22-25-14-11-17-29-30(25)27-15-9-10-16-28(27)39-29/h6-21H,5,22H2,1-4H3/b37-32-,38-31-. The first kappa shape index (κ1) is 26.9. The van der Waals surface area contributed by atoms with Crippen LogP contribution < -0.4 is 5.46 Å². The Bertz CT molecular complexity index is 1770. The van der Waals surface area contributed by atoms with Crippen molar-refractivity contribution in [1.82, 2.24) is 0 Å². The molecule has 5 aromatic rings. The molecule has 41 heavy (non-hydrogen) atoms. The molecule has 1 fully saturated rings. The number of benzene rings is 4. The van der Waals surface area contributed by atoms with Crippen LogP contribution in [0.3, 0.4) is 0 Å². The molecule has 0 radical (unpaired) electrons. The Morgan fingerprint density at radius 1 is 0.707 bits per heavy atom. The van der Waals surface area contributed by atoms with E-state index < -0.39 is 18.3 Å². The number of furan rings is 1. The maximum Gasteiger partial charge on any atom is 0.494 e. The van der Waals surface area contributed by atoms with Crippen LogP contribution in [0.1, 0.15) is 44.4 Å². The van der Waals surface area contributed by atoms with E-state index in [2.05, 4.69) is 51.5 Å².